The van der Waals surface area contributed by atoms with Gasteiger partial charge in [-0.1, -0.05) is 6.92 Å². The lowest BCUT2D eigenvalue weighted by atomic mass is 9.85. The number of ether oxygens (including phenoxy) is 1. The molecule has 66 valence electrons. The smallest absolute Gasteiger partial charge is 0.0571 e. The lowest BCUT2D eigenvalue weighted by Gasteiger charge is -2.29. The van der Waals surface area contributed by atoms with Crippen molar-refractivity contribution in [1.82, 2.24) is 0 Å². The molecule has 0 bridgehead atoms. The monoisotopic (exact) mass is 174 g/mol. The summed E-state index contributed by atoms with van der Waals surface area (Å²) in [6, 6.07) is 0. The van der Waals surface area contributed by atoms with Crippen LogP contribution >= 0.6 is 12.6 Å². The molecule has 1 saturated carbocycles. The highest BCUT2D eigenvalue weighted by Gasteiger charge is 2.22. The van der Waals surface area contributed by atoms with E-state index in [0.29, 0.717) is 11.4 Å². The molecule has 0 aromatic carbocycles. The molecule has 1 aliphatic carbocycles. The van der Waals surface area contributed by atoms with Crippen LogP contribution in [0.3, 0.4) is 0 Å². The zero-order valence-electron chi connectivity index (χ0n) is 7.42. The van der Waals surface area contributed by atoms with Crippen LogP contribution < -0.4 is 0 Å². The first-order chi connectivity index (χ1) is 5.24. The predicted molar refractivity (Wildman–Crippen MR) is 51.2 cm³/mol. The molecule has 0 N–H and O–H groups in total. The van der Waals surface area contributed by atoms with E-state index in [1.54, 1.807) is 0 Å². The standard InChI is InChI=1S/C9H18OS/c1-7(11)8-3-5-9(10-2)6-4-8/h7-9,11H,3-6H2,1-2H3. The van der Waals surface area contributed by atoms with E-state index < -0.39 is 0 Å². The zero-order chi connectivity index (χ0) is 8.27. The Kier molecular flexibility index (Phi) is 3.73. The molecule has 0 saturated heterocycles. The minimum absolute atomic E-state index is 0.526. The predicted octanol–water partition coefficient (Wildman–Crippen LogP) is 2.51. The molecule has 0 aromatic heterocycles. The van der Waals surface area contributed by atoms with Crippen molar-refractivity contribution < 1.29 is 4.74 Å². The summed E-state index contributed by atoms with van der Waals surface area (Å²) < 4.78 is 5.29. The van der Waals surface area contributed by atoms with Gasteiger partial charge >= 0.3 is 0 Å². The minimum atomic E-state index is 0.526. The minimum Gasteiger partial charge on any atom is -0.381 e. The molecule has 2 heteroatoms. The molecule has 1 fully saturated rings. The van der Waals surface area contributed by atoms with Crippen molar-refractivity contribution >= 4 is 12.6 Å². The van der Waals surface area contributed by atoms with E-state index in [0.717, 1.165) is 5.92 Å². The second kappa shape index (κ2) is 4.36. The molecule has 11 heavy (non-hydrogen) atoms. The molecule has 0 radical (unpaired) electrons. The summed E-state index contributed by atoms with van der Waals surface area (Å²) >= 11 is 4.46. The van der Waals surface area contributed by atoms with Gasteiger partial charge in [-0.15, -0.1) is 0 Å². The first kappa shape index (κ1) is 9.40. The first-order valence-electron chi connectivity index (χ1n) is 4.45. The van der Waals surface area contributed by atoms with Crippen LogP contribution in [0, 0.1) is 5.92 Å². The van der Waals surface area contributed by atoms with Gasteiger partial charge in [0.1, 0.15) is 0 Å². The van der Waals surface area contributed by atoms with E-state index in [9.17, 15) is 0 Å². The molecule has 1 atom stereocenters. The fraction of sp³-hybridized carbons (Fsp3) is 1.00. The fourth-order valence-electron chi connectivity index (χ4n) is 1.81. The van der Waals surface area contributed by atoms with Gasteiger partial charge in [0.05, 0.1) is 6.10 Å². The molecule has 1 rings (SSSR count). The summed E-state index contributed by atoms with van der Waals surface area (Å²) in [5.74, 6) is 0.824. The Hall–Kier alpha value is 0.310. The molecule has 0 amide bonds. The van der Waals surface area contributed by atoms with Crippen molar-refractivity contribution in [2.45, 2.75) is 44.0 Å². The Morgan fingerprint density at radius 2 is 1.82 bits per heavy atom. The maximum atomic E-state index is 5.29. The number of methoxy groups -OCH3 is 1. The van der Waals surface area contributed by atoms with Gasteiger partial charge in [-0.05, 0) is 31.6 Å². The summed E-state index contributed by atoms with van der Waals surface area (Å²) in [5, 5.41) is 0.563. The van der Waals surface area contributed by atoms with Crippen LogP contribution in [0.2, 0.25) is 0 Å². The summed E-state index contributed by atoms with van der Waals surface area (Å²) in [4.78, 5) is 0. The normalized spacial score (nSPS) is 35.2. The van der Waals surface area contributed by atoms with Crippen molar-refractivity contribution in [2.75, 3.05) is 7.11 Å². The van der Waals surface area contributed by atoms with Gasteiger partial charge in [0.15, 0.2) is 0 Å². The highest BCUT2D eigenvalue weighted by Crippen LogP contribution is 2.29. The SMILES string of the molecule is COC1CCC(C(C)S)CC1. The van der Waals surface area contributed by atoms with Gasteiger partial charge in [-0.2, -0.15) is 12.6 Å². The van der Waals surface area contributed by atoms with Crippen molar-refractivity contribution in [1.29, 1.82) is 0 Å². The Balaban J connectivity index is 2.24. The van der Waals surface area contributed by atoms with Crippen molar-refractivity contribution in [3.8, 4) is 0 Å². The lowest BCUT2D eigenvalue weighted by molar-refractivity contribution is 0.0571. The van der Waals surface area contributed by atoms with Crippen LogP contribution in [0.25, 0.3) is 0 Å². The summed E-state index contributed by atoms with van der Waals surface area (Å²) in [6.07, 6.45) is 5.57. The zero-order valence-corrected chi connectivity index (χ0v) is 8.31. The van der Waals surface area contributed by atoms with Gasteiger partial charge in [-0.3, -0.25) is 0 Å². The third-order valence-corrected chi connectivity index (χ3v) is 3.16. The van der Waals surface area contributed by atoms with Crippen molar-refractivity contribution in [3.63, 3.8) is 0 Å². The Morgan fingerprint density at radius 1 is 1.27 bits per heavy atom. The second-order valence-corrected chi connectivity index (χ2v) is 4.33. The van der Waals surface area contributed by atoms with E-state index in [1.807, 2.05) is 7.11 Å². The van der Waals surface area contributed by atoms with Crippen LogP contribution in [0.5, 0.6) is 0 Å². The highest BCUT2D eigenvalue weighted by atomic mass is 32.1. The van der Waals surface area contributed by atoms with Crippen molar-refractivity contribution in [2.24, 2.45) is 5.92 Å². The van der Waals surface area contributed by atoms with E-state index in [1.165, 1.54) is 25.7 Å². The molecule has 1 aliphatic rings. The largest absolute Gasteiger partial charge is 0.381 e. The van der Waals surface area contributed by atoms with E-state index in [2.05, 4.69) is 19.6 Å². The van der Waals surface area contributed by atoms with E-state index >= 15 is 0 Å². The number of hydrogen-bond donors (Lipinski definition) is 1. The molecular weight excluding hydrogens is 156 g/mol. The average Bonchev–Trinajstić information content (AvgIpc) is 2.05. The fourth-order valence-corrected chi connectivity index (χ4v) is 2.10. The maximum Gasteiger partial charge on any atom is 0.0571 e. The molecule has 1 nitrogen and oxygen atoms in total. The van der Waals surface area contributed by atoms with Crippen LogP contribution in [-0.4, -0.2) is 18.5 Å². The van der Waals surface area contributed by atoms with Crippen LogP contribution in [0.4, 0.5) is 0 Å². The summed E-state index contributed by atoms with van der Waals surface area (Å²) in [6.45, 7) is 2.20. The summed E-state index contributed by atoms with van der Waals surface area (Å²) in [5.41, 5.74) is 0. The second-order valence-electron chi connectivity index (χ2n) is 3.51. The van der Waals surface area contributed by atoms with E-state index in [-0.39, 0.29) is 0 Å². The Bertz CT molecular complexity index is 106. The molecule has 0 heterocycles. The first-order valence-corrected chi connectivity index (χ1v) is 4.96. The third kappa shape index (κ3) is 2.68. The average molecular weight is 174 g/mol. The third-order valence-electron chi connectivity index (χ3n) is 2.73. The van der Waals surface area contributed by atoms with Crippen LogP contribution in [-0.2, 0) is 4.74 Å². The van der Waals surface area contributed by atoms with Gasteiger partial charge in [0.2, 0.25) is 0 Å². The number of thiol groups is 1. The van der Waals surface area contributed by atoms with Gasteiger partial charge in [-0.25, -0.2) is 0 Å². The van der Waals surface area contributed by atoms with Gasteiger partial charge in [0, 0.05) is 12.4 Å². The van der Waals surface area contributed by atoms with Crippen LogP contribution in [0.15, 0.2) is 0 Å². The number of rotatable bonds is 2. The van der Waals surface area contributed by atoms with Crippen LogP contribution in [0.1, 0.15) is 32.6 Å². The Labute approximate surface area is 74.9 Å². The lowest BCUT2D eigenvalue weighted by Crippen LogP contribution is -2.24. The molecule has 0 spiro atoms. The van der Waals surface area contributed by atoms with E-state index in [4.69, 9.17) is 4.74 Å². The van der Waals surface area contributed by atoms with Gasteiger partial charge < -0.3 is 4.74 Å². The number of hydrogen-bond acceptors (Lipinski definition) is 2. The quantitative estimate of drug-likeness (QED) is 0.633. The molecule has 0 aliphatic heterocycles. The Morgan fingerprint density at radius 3 is 2.18 bits per heavy atom. The molecular formula is C9H18OS. The molecule has 1 unspecified atom stereocenters. The maximum absolute atomic E-state index is 5.29. The molecule has 0 aromatic rings. The van der Waals surface area contributed by atoms with Gasteiger partial charge in [0.25, 0.3) is 0 Å². The summed E-state index contributed by atoms with van der Waals surface area (Å²) in [7, 11) is 1.81. The van der Waals surface area contributed by atoms with Crippen molar-refractivity contribution in [3.05, 3.63) is 0 Å². The highest BCUT2D eigenvalue weighted by molar-refractivity contribution is 7.80. The topological polar surface area (TPSA) is 9.23 Å².